The van der Waals surface area contributed by atoms with E-state index >= 15 is 0 Å². The first kappa shape index (κ1) is 20.1. The topological polar surface area (TPSA) is 58.9 Å². The summed E-state index contributed by atoms with van der Waals surface area (Å²) in [6, 6.07) is 7.25. The highest BCUT2D eigenvalue weighted by molar-refractivity contribution is 7.17. The lowest BCUT2D eigenvalue weighted by atomic mass is 10.0. The highest BCUT2D eigenvalue weighted by Gasteiger charge is 2.30. The number of aromatic nitrogens is 3. The third kappa shape index (κ3) is 4.25. The van der Waals surface area contributed by atoms with Crippen molar-refractivity contribution in [3.05, 3.63) is 59.2 Å². The van der Waals surface area contributed by atoms with Gasteiger partial charge in [-0.25, -0.2) is 4.98 Å². The Morgan fingerprint density at radius 3 is 1.96 bits per heavy atom. The van der Waals surface area contributed by atoms with E-state index in [1.54, 1.807) is 6.92 Å². The number of hydrogen-bond donors (Lipinski definition) is 1. The number of halogens is 5. The van der Waals surface area contributed by atoms with E-state index in [0.717, 1.165) is 24.3 Å². The van der Waals surface area contributed by atoms with Gasteiger partial charge in [0.2, 0.25) is 0 Å². The van der Waals surface area contributed by atoms with Gasteiger partial charge in [-0.05, 0) is 30.7 Å². The van der Waals surface area contributed by atoms with Crippen LogP contribution in [0.5, 0.6) is 6.01 Å². The zero-order valence-electron chi connectivity index (χ0n) is 14.3. The van der Waals surface area contributed by atoms with Crippen LogP contribution in [0.1, 0.15) is 16.7 Å². The van der Waals surface area contributed by atoms with Gasteiger partial charge in [0.1, 0.15) is 0 Å². The fourth-order valence-electron chi connectivity index (χ4n) is 2.49. The number of benzene rings is 2. The van der Waals surface area contributed by atoms with E-state index in [1.807, 2.05) is 0 Å². The van der Waals surface area contributed by atoms with E-state index in [1.165, 1.54) is 27.4 Å². The van der Waals surface area contributed by atoms with Crippen molar-refractivity contribution in [3.63, 3.8) is 0 Å². The minimum Gasteiger partial charge on any atom is -0.479 e. The smallest absolute Gasteiger partial charge is 0.416 e. The number of nitrogens with zero attached hydrogens (tertiary/aromatic N) is 3. The second kappa shape index (κ2) is 7.05. The molecule has 0 aliphatic rings. The Balaban J connectivity index is 2.08. The van der Waals surface area contributed by atoms with Crippen molar-refractivity contribution in [2.45, 2.75) is 18.8 Å². The van der Waals surface area contributed by atoms with Gasteiger partial charge in [0, 0.05) is 16.7 Å². The Morgan fingerprint density at radius 2 is 1.39 bits per heavy atom. The summed E-state index contributed by atoms with van der Waals surface area (Å²) in [5.74, 6) is -0.158. The fourth-order valence-corrected chi connectivity index (χ4v) is 2.67. The van der Waals surface area contributed by atoms with Crippen LogP contribution < -0.4 is 0 Å². The number of aryl methyl sites for hydroxylation is 1. The molecule has 0 saturated carbocycles. The van der Waals surface area contributed by atoms with Crippen molar-refractivity contribution in [3.8, 4) is 28.8 Å². The van der Waals surface area contributed by atoms with Gasteiger partial charge in [-0.1, -0.05) is 33.5 Å². The maximum atomic E-state index is 13.6. The van der Waals surface area contributed by atoms with Gasteiger partial charge in [0.25, 0.3) is 5.66 Å². The molecule has 0 saturated heterocycles. The molecular weight excluding hydrogens is 400 g/mol. The average molecular weight is 413 g/mol. The molecule has 2 aromatic carbocycles. The van der Waals surface area contributed by atoms with Crippen molar-refractivity contribution >= 4 is 9.24 Å². The number of aromatic hydroxyl groups is 1. The minimum absolute atomic E-state index is 0.0732. The summed E-state index contributed by atoms with van der Waals surface area (Å²) in [4.78, 5) is 11.6. The molecule has 28 heavy (non-hydrogen) atoms. The Morgan fingerprint density at radius 1 is 0.821 bits per heavy atom. The van der Waals surface area contributed by atoms with Gasteiger partial charge in [-0.2, -0.15) is 31.9 Å². The molecule has 0 amide bonds. The van der Waals surface area contributed by atoms with Gasteiger partial charge >= 0.3 is 12.2 Å². The van der Waals surface area contributed by atoms with Crippen LogP contribution >= 0.6 is 9.24 Å². The van der Waals surface area contributed by atoms with Crippen LogP contribution in [0.2, 0.25) is 0 Å². The van der Waals surface area contributed by atoms with Gasteiger partial charge < -0.3 is 5.11 Å². The van der Waals surface area contributed by atoms with Crippen LogP contribution in [0.25, 0.3) is 22.8 Å². The Labute approximate surface area is 158 Å². The molecule has 10 heteroatoms. The first-order chi connectivity index (χ1) is 12.9. The van der Waals surface area contributed by atoms with E-state index < -0.39 is 23.4 Å². The third-order valence-electron chi connectivity index (χ3n) is 3.96. The quantitative estimate of drug-likeness (QED) is 0.476. The van der Waals surface area contributed by atoms with Gasteiger partial charge in [-0.15, -0.1) is 0 Å². The number of rotatable bonds is 3. The molecule has 0 aliphatic heterocycles. The summed E-state index contributed by atoms with van der Waals surface area (Å²) >= 11 is 0. The minimum atomic E-state index is -4.49. The maximum Gasteiger partial charge on any atom is 0.416 e. The zero-order valence-corrected chi connectivity index (χ0v) is 15.5. The summed E-state index contributed by atoms with van der Waals surface area (Å²) < 4.78 is 65.3. The molecule has 1 atom stereocenters. The van der Waals surface area contributed by atoms with Crippen molar-refractivity contribution in [2.75, 3.05) is 0 Å². The van der Waals surface area contributed by atoms with E-state index in [-0.39, 0.29) is 28.3 Å². The summed E-state index contributed by atoms with van der Waals surface area (Å²) in [7, 11) is 1.43. The molecule has 4 nitrogen and oxygen atoms in total. The van der Waals surface area contributed by atoms with Crippen LogP contribution in [0.15, 0.2) is 42.5 Å². The number of alkyl halides is 5. The molecule has 1 aromatic heterocycles. The largest absolute Gasteiger partial charge is 0.479 e. The molecule has 3 rings (SSSR count). The predicted molar refractivity (Wildman–Crippen MR) is 95.7 cm³/mol. The van der Waals surface area contributed by atoms with Crippen LogP contribution in [-0.4, -0.2) is 20.1 Å². The Kier molecular flexibility index (Phi) is 5.06. The SMILES string of the molecule is Cc1ccc(C(F)(F)P)cc1-c1nc(O)nc(-c2ccc(C(F)(F)F)cc2)n1. The second-order valence-corrected chi connectivity index (χ2v) is 6.74. The first-order valence-electron chi connectivity index (χ1n) is 7.86. The number of hydrogen-bond acceptors (Lipinski definition) is 4. The summed E-state index contributed by atoms with van der Waals surface area (Å²) in [5.41, 5.74) is -3.30. The van der Waals surface area contributed by atoms with Crippen molar-refractivity contribution < 1.29 is 27.1 Å². The average Bonchev–Trinajstić information content (AvgIpc) is 2.60. The van der Waals surface area contributed by atoms with Crippen molar-refractivity contribution in [1.82, 2.24) is 15.0 Å². The normalized spacial score (nSPS) is 12.2. The summed E-state index contributed by atoms with van der Waals surface area (Å²) in [5, 5.41) is 9.83. The lowest BCUT2D eigenvalue weighted by Crippen LogP contribution is -2.05. The molecule has 1 heterocycles. The highest BCUT2D eigenvalue weighted by Crippen LogP contribution is 2.37. The molecular formula is C18H13F5N3OP. The molecule has 0 bridgehead atoms. The molecule has 0 spiro atoms. The lowest BCUT2D eigenvalue weighted by Gasteiger charge is -2.14. The third-order valence-corrected chi connectivity index (χ3v) is 4.29. The van der Waals surface area contributed by atoms with Crippen LogP contribution in [-0.2, 0) is 11.8 Å². The zero-order chi connectivity index (χ0) is 20.7. The molecule has 1 N–H and O–H groups in total. The van der Waals surface area contributed by atoms with Gasteiger partial charge in [-0.3, -0.25) is 0 Å². The monoisotopic (exact) mass is 413 g/mol. The van der Waals surface area contributed by atoms with E-state index in [0.29, 0.717) is 5.56 Å². The van der Waals surface area contributed by atoms with E-state index in [9.17, 15) is 27.1 Å². The van der Waals surface area contributed by atoms with Gasteiger partial charge in [0.15, 0.2) is 11.6 Å². The fraction of sp³-hybridized carbons (Fsp3) is 0.167. The van der Waals surface area contributed by atoms with E-state index in [4.69, 9.17) is 0 Å². The summed E-state index contributed by atoms with van der Waals surface area (Å²) in [6.07, 6.45) is -4.49. The van der Waals surface area contributed by atoms with Crippen LogP contribution in [0.4, 0.5) is 22.0 Å². The Hall–Kier alpha value is -2.67. The molecule has 146 valence electrons. The standard InChI is InChI=1S/C18H13F5N3OP/c1-9-2-5-12(18(22,23)28)8-13(9)15-24-14(25-16(27)26-15)10-3-6-11(7-4-10)17(19,20)21/h2-8H,28H2,1H3,(H,24,25,26,27). The summed E-state index contributed by atoms with van der Waals surface area (Å²) in [6.45, 7) is 1.65. The molecule has 0 radical (unpaired) electrons. The highest BCUT2D eigenvalue weighted by atomic mass is 31.0. The van der Waals surface area contributed by atoms with Crippen LogP contribution in [0.3, 0.4) is 0 Å². The van der Waals surface area contributed by atoms with Gasteiger partial charge in [0.05, 0.1) is 5.56 Å². The second-order valence-electron chi connectivity index (χ2n) is 6.01. The molecule has 1 unspecified atom stereocenters. The Bertz CT molecular complexity index is 1020. The molecule has 0 aliphatic carbocycles. The predicted octanol–water partition coefficient (Wildman–Crippen LogP) is 5.16. The lowest BCUT2D eigenvalue weighted by molar-refractivity contribution is -0.137. The molecule has 0 fully saturated rings. The maximum absolute atomic E-state index is 13.6. The van der Waals surface area contributed by atoms with Crippen molar-refractivity contribution in [2.24, 2.45) is 0 Å². The van der Waals surface area contributed by atoms with E-state index in [2.05, 4.69) is 15.0 Å². The molecule has 3 aromatic rings. The first-order valence-corrected chi connectivity index (χ1v) is 8.44. The van der Waals surface area contributed by atoms with Crippen LogP contribution in [0, 0.1) is 6.92 Å². The van der Waals surface area contributed by atoms with Crippen molar-refractivity contribution in [1.29, 1.82) is 0 Å².